The van der Waals surface area contributed by atoms with Crippen LogP contribution in [0.5, 0.6) is 11.5 Å². The molecule has 0 saturated carbocycles. The Morgan fingerprint density at radius 2 is 2.00 bits per heavy atom. The van der Waals surface area contributed by atoms with Crippen molar-refractivity contribution in [1.29, 1.82) is 0 Å². The van der Waals surface area contributed by atoms with Gasteiger partial charge in [-0.3, -0.25) is 9.59 Å². The first kappa shape index (κ1) is 17.8. The van der Waals surface area contributed by atoms with E-state index in [0.29, 0.717) is 43.0 Å². The second kappa shape index (κ2) is 7.91. The van der Waals surface area contributed by atoms with Crippen LogP contribution in [0.15, 0.2) is 42.5 Å². The van der Waals surface area contributed by atoms with Gasteiger partial charge in [-0.05, 0) is 42.3 Å². The summed E-state index contributed by atoms with van der Waals surface area (Å²) < 4.78 is 10.7. The van der Waals surface area contributed by atoms with Gasteiger partial charge in [-0.15, -0.1) is 0 Å². The number of aryl methyl sites for hydroxylation is 1. The van der Waals surface area contributed by atoms with Gasteiger partial charge in [0.25, 0.3) is 5.91 Å². The van der Waals surface area contributed by atoms with Crippen LogP contribution in [-0.4, -0.2) is 44.0 Å². The number of amides is 2. The third kappa shape index (κ3) is 4.14. The van der Waals surface area contributed by atoms with E-state index in [1.165, 1.54) is 0 Å². The normalized spacial score (nSPS) is 13.5. The quantitative estimate of drug-likeness (QED) is 0.896. The number of fused-ring (bicyclic) bond motifs is 1. The minimum Gasteiger partial charge on any atom is -0.497 e. The summed E-state index contributed by atoms with van der Waals surface area (Å²) >= 11 is 0. The largest absolute Gasteiger partial charge is 0.497 e. The van der Waals surface area contributed by atoms with E-state index in [9.17, 15) is 9.59 Å². The molecule has 6 nitrogen and oxygen atoms in total. The summed E-state index contributed by atoms with van der Waals surface area (Å²) in [6.07, 6.45) is 0.985. The Morgan fingerprint density at radius 3 is 2.73 bits per heavy atom. The average Bonchev–Trinajstić information content (AvgIpc) is 2.80. The fourth-order valence-corrected chi connectivity index (χ4v) is 2.77. The number of rotatable bonds is 5. The zero-order valence-corrected chi connectivity index (χ0v) is 15.0. The van der Waals surface area contributed by atoms with E-state index in [1.54, 1.807) is 37.3 Å². The molecule has 2 amide bonds. The number of carbonyl (C=O) groups excluding carboxylic acids is 2. The van der Waals surface area contributed by atoms with Crippen molar-refractivity contribution < 1.29 is 19.1 Å². The molecule has 2 aromatic carbocycles. The maximum absolute atomic E-state index is 12.4. The first-order chi connectivity index (χ1) is 12.6. The van der Waals surface area contributed by atoms with E-state index in [2.05, 4.69) is 5.32 Å². The van der Waals surface area contributed by atoms with Gasteiger partial charge < -0.3 is 19.7 Å². The number of hydrogen-bond acceptors (Lipinski definition) is 4. The van der Waals surface area contributed by atoms with E-state index in [-0.39, 0.29) is 11.8 Å². The van der Waals surface area contributed by atoms with Crippen LogP contribution in [0.4, 0.5) is 5.69 Å². The fourth-order valence-electron chi connectivity index (χ4n) is 2.77. The average molecular weight is 354 g/mol. The molecule has 0 spiro atoms. The molecule has 6 heteroatoms. The first-order valence-electron chi connectivity index (χ1n) is 8.52. The van der Waals surface area contributed by atoms with Gasteiger partial charge in [-0.2, -0.15) is 0 Å². The smallest absolute Gasteiger partial charge is 0.257 e. The molecule has 0 aliphatic carbocycles. The van der Waals surface area contributed by atoms with Crippen LogP contribution in [0.1, 0.15) is 22.3 Å². The first-order valence-corrected chi connectivity index (χ1v) is 8.52. The van der Waals surface area contributed by atoms with Gasteiger partial charge in [0, 0.05) is 19.2 Å². The minimum atomic E-state index is -0.105. The Morgan fingerprint density at radius 1 is 1.23 bits per heavy atom. The molecular weight excluding hydrogens is 332 g/mol. The van der Waals surface area contributed by atoms with Crippen molar-refractivity contribution in [2.45, 2.75) is 12.8 Å². The monoisotopic (exact) mass is 354 g/mol. The summed E-state index contributed by atoms with van der Waals surface area (Å²) in [5.41, 5.74) is 2.13. The third-order valence-corrected chi connectivity index (χ3v) is 4.32. The maximum atomic E-state index is 12.4. The van der Waals surface area contributed by atoms with Crippen LogP contribution in [0.2, 0.25) is 0 Å². The Bertz CT molecular complexity index is 802. The molecule has 1 aliphatic heterocycles. The molecule has 26 heavy (non-hydrogen) atoms. The summed E-state index contributed by atoms with van der Waals surface area (Å²) in [7, 11) is 3.36. The lowest BCUT2D eigenvalue weighted by atomic mass is 10.1. The van der Waals surface area contributed by atoms with Crippen molar-refractivity contribution in [3.8, 4) is 11.5 Å². The van der Waals surface area contributed by atoms with Gasteiger partial charge >= 0.3 is 0 Å². The van der Waals surface area contributed by atoms with Gasteiger partial charge in [-0.1, -0.05) is 12.1 Å². The number of ether oxygens (including phenoxy) is 2. The van der Waals surface area contributed by atoms with Crippen molar-refractivity contribution >= 4 is 17.5 Å². The van der Waals surface area contributed by atoms with E-state index < -0.39 is 0 Å². The Kier molecular flexibility index (Phi) is 5.41. The number of hydrogen-bond donors (Lipinski definition) is 1. The molecule has 0 fully saturated rings. The zero-order valence-electron chi connectivity index (χ0n) is 15.0. The fraction of sp³-hybridized carbons (Fsp3) is 0.300. The lowest BCUT2D eigenvalue weighted by Gasteiger charge is -2.13. The van der Waals surface area contributed by atoms with E-state index in [0.717, 1.165) is 11.3 Å². The molecule has 136 valence electrons. The lowest BCUT2D eigenvalue weighted by molar-refractivity contribution is -0.116. The highest BCUT2D eigenvalue weighted by atomic mass is 16.5. The number of nitrogens with zero attached hydrogens (tertiary/aromatic N) is 1. The maximum Gasteiger partial charge on any atom is 0.257 e. The van der Waals surface area contributed by atoms with Crippen LogP contribution in [-0.2, 0) is 11.2 Å². The van der Waals surface area contributed by atoms with E-state index in [1.807, 2.05) is 24.3 Å². The molecule has 0 bridgehead atoms. The molecule has 2 aromatic rings. The minimum absolute atomic E-state index is 0.101. The van der Waals surface area contributed by atoms with E-state index in [4.69, 9.17) is 9.47 Å². The summed E-state index contributed by atoms with van der Waals surface area (Å²) in [6, 6.07) is 12.8. The molecule has 3 rings (SSSR count). The second-order valence-electron chi connectivity index (χ2n) is 6.18. The summed E-state index contributed by atoms with van der Waals surface area (Å²) in [5.74, 6) is 1.14. The second-order valence-corrected chi connectivity index (χ2v) is 6.18. The van der Waals surface area contributed by atoms with Crippen LogP contribution in [0.25, 0.3) is 0 Å². The van der Waals surface area contributed by atoms with Crippen molar-refractivity contribution in [3.05, 3.63) is 53.6 Å². The number of benzene rings is 2. The van der Waals surface area contributed by atoms with Crippen LogP contribution in [0.3, 0.4) is 0 Å². The number of anilines is 1. The van der Waals surface area contributed by atoms with Crippen molar-refractivity contribution in [3.63, 3.8) is 0 Å². The Hall–Kier alpha value is -3.02. The molecule has 0 atom stereocenters. The van der Waals surface area contributed by atoms with Crippen molar-refractivity contribution in [2.24, 2.45) is 0 Å². The highest BCUT2D eigenvalue weighted by Crippen LogP contribution is 2.26. The number of likely N-dealkylation sites (N-methyl/N-ethyl adjacent to an activating group) is 1. The van der Waals surface area contributed by atoms with Crippen molar-refractivity contribution in [1.82, 2.24) is 4.90 Å². The molecule has 0 unspecified atom stereocenters. The molecule has 0 saturated heterocycles. The topological polar surface area (TPSA) is 67.9 Å². The lowest BCUT2D eigenvalue weighted by Crippen LogP contribution is -2.27. The van der Waals surface area contributed by atoms with Gasteiger partial charge in [-0.25, -0.2) is 0 Å². The van der Waals surface area contributed by atoms with Crippen molar-refractivity contribution in [2.75, 3.05) is 32.6 Å². The van der Waals surface area contributed by atoms with Crippen LogP contribution < -0.4 is 14.8 Å². The number of methoxy groups -OCH3 is 1. The van der Waals surface area contributed by atoms with E-state index >= 15 is 0 Å². The van der Waals surface area contributed by atoms with Gasteiger partial charge in [0.05, 0.1) is 19.2 Å². The Labute approximate surface area is 152 Å². The van der Waals surface area contributed by atoms with Crippen LogP contribution in [0, 0.1) is 0 Å². The SMILES string of the molecule is COc1ccc(CCC(=O)Nc2ccc3c(c2)C(=O)N(C)CCO3)cc1. The number of nitrogens with one attached hydrogen (secondary N) is 1. The van der Waals surface area contributed by atoms with Gasteiger partial charge in [0.2, 0.25) is 5.91 Å². The molecule has 0 aromatic heterocycles. The molecule has 0 radical (unpaired) electrons. The molecule has 1 N–H and O–H groups in total. The summed E-state index contributed by atoms with van der Waals surface area (Å²) in [4.78, 5) is 26.2. The third-order valence-electron chi connectivity index (χ3n) is 4.32. The van der Waals surface area contributed by atoms with Crippen LogP contribution >= 0.6 is 0 Å². The van der Waals surface area contributed by atoms with Gasteiger partial charge in [0.15, 0.2) is 0 Å². The molecular formula is C20H22N2O4. The highest BCUT2D eigenvalue weighted by Gasteiger charge is 2.21. The standard InChI is InChI=1S/C20H22N2O4/c1-22-11-12-26-18-9-6-15(13-17(18)20(22)24)21-19(23)10-5-14-3-7-16(25-2)8-4-14/h3-4,6-9,13H,5,10-12H2,1-2H3,(H,21,23). The number of carbonyl (C=O) groups is 2. The molecule has 1 aliphatic rings. The highest BCUT2D eigenvalue weighted by molar-refractivity contribution is 5.99. The summed E-state index contributed by atoms with van der Waals surface area (Å²) in [5, 5.41) is 2.85. The predicted octanol–water partition coefficient (Wildman–Crippen LogP) is 2.73. The summed E-state index contributed by atoms with van der Waals surface area (Å²) in [6.45, 7) is 1.000. The predicted molar refractivity (Wildman–Crippen MR) is 98.8 cm³/mol. The Balaban J connectivity index is 1.62. The zero-order chi connectivity index (χ0) is 18.5. The molecule has 1 heterocycles. The van der Waals surface area contributed by atoms with Gasteiger partial charge in [0.1, 0.15) is 18.1 Å².